The molecule has 136 valence electrons. The fourth-order valence-corrected chi connectivity index (χ4v) is 3.55. The van der Waals surface area contributed by atoms with E-state index >= 15 is 0 Å². The third-order valence-electron chi connectivity index (χ3n) is 5.06. The minimum Gasteiger partial charge on any atom is -0.339 e. The van der Waals surface area contributed by atoms with Crippen molar-refractivity contribution in [1.82, 2.24) is 30.2 Å². The summed E-state index contributed by atoms with van der Waals surface area (Å²) >= 11 is 0. The molecule has 1 saturated heterocycles. The average Bonchev–Trinajstić information content (AvgIpc) is 3.17. The number of carbonyl (C=O) groups is 2. The van der Waals surface area contributed by atoms with Gasteiger partial charge in [-0.1, -0.05) is 5.16 Å². The number of carbonyl (C=O) groups excluding carboxylic acids is 2. The number of imide groups is 1. The Kier molecular flexibility index (Phi) is 3.95. The molecule has 1 atom stereocenters. The summed E-state index contributed by atoms with van der Waals surface area (Å²) in [5.41, 5.74) is 4.08. The highest BCUT2D eigenvalue weighted by Crippen LogP contribution is 2.29. The fourth-order valence-electron chi connectivity index (χ4n) is 3.55. The molecule has 9 heteroatoms. The Hall–Kier alpha value is -2.81. The number of aromatic nitrogens is 3. The predicted octanol–water partition coefficient (Wildman–Crippen LogP) is 0.521. The third-order valence-corrected chi connectivity index (χ3v) is 5.06. The van der Waals surface area contributed by atoms with Crippen LogP contribution in [0.4, 0.5) is 4.79 Å². The molecule has 26 heavy (non-hydrogen) atoms. The third kappa shape index (κ3) is 2.55. The molecule has 4 heterocycles. The van der Waals surface area contributed by atoms with Crippen LogP contribution in [0.1, 0.15) is 22.7 Å². The molecule has 0 aliphatic carbocycles. The van der Waals surface area contributed by atoms with E-state index in [0.717, 1.165) is 41.2 Å². The second kappa shape index (κ2) is 6.17. The van der Waals surface area contributed by atoms with Gasteiger partial charge in [-0.25, -0.2) is 4.79 Å². The van der Waals surface area contributed by atoms with Crippen LogP contribution in [-0.4, -0.2) is 63.5 Å². The first-order chi connectivity index (χ1) is 12.5. The Labute approximate surface area is 150 Å². The number of hydrogen-bond donors (Lipinski definition) is 1. The number of amides is 3. The molecule has 0 bridgehead atoms. The highest BCUT2D eigenvalue weighted by molar-refractivity contribution is 6.03. The smallest absolute Gasteiger partial charge is 0.326 e. The van der Waals surface area contributed by atoms with E-state index in [1.54, 1.807) is 7.05 Å². The number of nitrogens with zero attached hydrogens (tertiary/aromatic N) is 5. The summed E-state index contributed by atoms with van der Waals surface area (Å²) in [5, 5.41) is 7.44. The van der Waals surface area contributed by atoms with Gasteiger partial charge in [0.15, 0.2) is 0 Å². The minimum atomic E-state index is -0.617. The summed E-state index contributed by atoms with van der Waals surface area (Å²) in [5.74, 6) is 0.550. The first kappa shape index (κ1) is 16.6. The van der Waals surface area contributed by atoms with Gasteiger partial charge >= 0.3 is 6.03 Å². The SMILES string of the molecule is Cc1ncc2c(c1-c1noc(C[C@@H]3C(=O)N(C)C(=O)N3C)n1)CCNC2. The monoisotopic (exact) mass is 356 g/mol. The molecule has 9 nitrogen and oxygen atoms in total. The Morgan fingerprint density at radius 2 is 2.15 bits per heavy atom. The van der Waals surface area contributed by atoms with Crippen molar-refractivity contribution < 1.29 is 14.1 Å². The normalized spacial score (nSPS) is 20.0. The zero-order valence-electron chi connectivity index (χ0n) is 14.9. The van der Waals surface area contributed by atoms with Gasteiger partial charge in [0.25, 0.3) is 5.91 Å². The molecular weight excluding hydrogens is 336 g/mol. The summed E-state index contributed by atoms with van der Waals surface area (Å²) < 4.78 is 5.38. The maximum absolute atomic E-state index is 12.2. The number of pyridine rings is 1. The number of nitrogens with one attached hydrogen (secondary N) is 1. The van der Waals surface area contributed by atoms with Crippen molar-refractivity contribution in [3.8, 4) is 11.4 Å². The van der Waals surface area contributed by atoms with E-state index in [1.165, 1.54) is 17.5 Å². The Bertz CT molecular complexity index is 893. The van der Waals surface area contributed by atoms with Crippen LogP contribution in [0.15, 0.2) is 10.7 Å². The fraction of sp³-hybridized carbons (Fsp3) is 0.471. The molecule has 2 aliphatic heterocycles. The molecule has 4 rings (SSSR count). The van der Waals surface area contributed by atoms with E-state index in [-0.39, 0.29) is 18.4 Å². The van der Waals surface area contributed by atoms with Crippen LogP contribution in [0.2, 0.25) is 0 Å². The summed E-state index contributed by atoms with van der Waals surface area (Å²) in [6, 6.07) is -0.946. The highest BCUT2D eigenvalue weighted by atomic mass is 16.5. The first-order valence-electron chi connectivity index (χ1n) is 8.52. The molecule has 0 spiro atoms. The summed E-state index contributed by atoms with van der Waals surface area (Å²) in [6.45, 7) is 3.59. The lowest BCUT2D eigenvalue weighted by Crippen LogP contribution is -2.33. The van der Waals surface area contributed by atoms with Gasteiger partial charge in [0.2, 0.25) is 11.7 Å². The number of rotatable bonds is 3. The Morgan fingerprint density at radius 1 is 1.35 bits per heavy atom. The molecule has 3 amide bonds. The van der Waals surface area contributed by atoms with Crippen LogP contribution in [0.25, 0.3) is 11.4 Å². The maximum Gasteiger partial charge on any atom is 0.326 e. The van der Waals surface area contributed by atoms with Gasteiger partial charge in [-0.15, -0.1) is 0 Å². The van der Waals surface area contributed by atoms with Crippen LogP contribution in [0, 0.1) is 6.92 Å². The van der Waals surface area contributed by atoms with E-state index in [4.69, 9.17) is 4.52 Å². The molecular formula is C17H20N6O3. The van der Waals surface area contributed by atoms with Gasteiger partial charge in [0.05, 0.1) is 6.42 Å². The second-order valence-corrected chi connectivity index (χ2v) is 6.67. The first-order valence-corrected chi connectivity index (χ1v) is 8.52. The number of fused-ring (bicyclic) bond motifs is 1. The number of likely N-dealkylation sites (N-methyl/N-ethyl adjacent to an activating group) is 2. The molecule has 0 unspecified atom stereocenters. The van der Waals surface area contributed by atoms with E-state index in [9.17, 15) is 9.59 Å². The van der Waals surface area contributed by atoms with Crippen molar-refractivity contribution in [3.05, 3.63) is 28.9 Å². The van der Waals surface area contributed by atoms with Crippen molar-refractivity contribution >= 4 is 11.9 Å². The molecule has 0 radical (unpaired) electrons. The van der Waals surface area contributed by atoms with Gasteiger partial charge < -0.3 is 14.7 Å². The number of hydrogen-bond acceptors (Lipinski definition) is 7. The lowest BCUT2D eigenvalue weighted by molar-refractivity contribution is -0.127. The molecule has 1 N–H and O–H groups in total. The lowest BCUT2D eigenvalue weighted by atomic mass is 9.95. The van der Waals surface area contributed by atoms with Crippen molar-refractivity contribution in [2.75, 3.05) is 20.6 Å². The lowest BCUT2D eigenvalue weighted by Gasteiger charge is -2.19. The zero-order chi connectivity index (χ0) is 18.4. The van der Waals surface area contributed by atoms with Gasteiger partial charge in [0.1, 0.15) is 6.04 Å². The minimum absolute atomic E-state index is 0.196. The van der Waals surface area contributed by atoms with E-state index in [2.05, 4.69) is 20.4 Å². The summed E-state index contributed by atoms with van der Waals surface area (Å²) in [7, 11) is 3.07. The molecule has 2 aliphatic rings. The van der Waals surface area contributed by atoms with Crippen molar-refractivity contribution in [1.29, 1.82) is 0 Å². The van der Waals surface area contributed by atoms with Gasteiger partial charge in [-0.3, -0.25) is 14.7 Å². The quantitative estimate of drug-likeness (QED) is 0.800. The van der Waals surface area contributed by atoms with Crippen LogP contribution in [0.3, 0.4) is 0 Å². The van der Waals surface area contributed by atoms with Crippen molar-refractivity contribution in [3.63, 3.8) is 0 Å². The topological polar surface area (TPSA) is 104 Å². The average molecular weight is 356 g/mol. The van der Waals surface area contributed by atoms with Crippen LogP contribution < -0.4 is 5.32 Å². The summed E-state index contributed by atoms with van der Waals surface area (Å²) in [4.78, 5) is 35.5. The van der Waals surface area contributed by atoms with Gasteiger partial charge in [-0.05, 0) is 31.0 Å². The zero-order valence-corrected chi connectivity index (χ0v) is 14.9. The maximum atomic E-state index is 12.2. The molecule has 2 aromatic rings. The summed E-state index contributed by atoms with van der Waals surface area (Å²) in [6.07, 6.45) is 2.96. The highest BCUT2D eigenvalue weighted by Gasteiger charge is 2.41. The molecule has 1 fully saturated rings. The van der Waals surface area contributed by atoms with E-state index in [1.807, 2.05) is 13.1 Å². The predicted molar refractivity (Wildman–Crippen MR) is 91.1 cm³/mol. The molecule has 0 saturated carbocycles. The van der Waals surface area contributed by atoms with E-state index < -0.39 is 6.04 Å². The number of aryl methyl sites for hydroxylation is 1. The number of urea groups is 1. The van der Waals surface area contributed by atoms with Gasteiger partial charge in [0, 0.05) is 38.1 Å². The Balaban J connectivity index is 1.64. The molecule has 0 aromatic carbocycles. The van der Waals surface area contributed by atoms with Crippen molar-refractivity contribution in [2.45, 2.75) is 32.4 Å². The van der Waals surface area contributed by atoms with E-state index in [0.29, 0.717) is 11.7 Å². The van der Waals surface area contributed by atoms with Crippen LogP contribution >= 0.6 is 0 Å². The van der Waals surface area contributed by atoms with Gasteiger partial charge in [-0.2, -0.15) is 4.98 Å². The Morgan fingerprint density at radius 3 is 2.88 bits per heavy atom. The molecule has 2 aromatic heterocycles. The standard InChI is InChI=1S/C17H20N6O3/c1-9-14(11-4-5-18-7-10(11)8-19-9)15-20-13(26-21-15)6-12-16(24)23(3)17(25)22(12)2/h8,12,18H,4-7H2,1-3H3/t12-/m1/s1. The van der Waals surface area contributed by atoms with Crippen molar-refractivity contribution in [2.24, 2.45) is 0 Å². The largest absolute Gasteiger partial charge is 0.339 e. The second-order valence-electron chi connectivity index (χ2n) is 6.67. The van der Waals surface area contributed by atoms with Crippen LogP contribution in [-0.2, 0) is 24.2 Å². The van der Waals surface area contributed by atoms with Crippen LogP contribution in [0.5, 0.6) is 0 Å².